The molecule has 2 N–H and O–H groups in total. The van der Waals surface area contributed by atoms with E-state index in [1.807, 2.05) is 0 Å². The second kappa shape index (κ2) is 14.5. The molecule has 1 fully saturated rings. The minimum Gasteiger partial charge on any atom is -0.328 e. The van der Waals surface area contributed by atoms with Crippen LogP contribution in [0.1, 0.15) is 122 Å². The van der Waals surface area contributed by atoms with Crippen LogP contribution in [0, 0.1) is 5.92 Å². The van der Waals surface area contributed by atoms with Crippen LogP contribution in [0.5, 0.6) is 0 Å². The van der Waals surface area contributed by atoms with E-state index in [1.54, 1.807) is 0 Å². The third kappa shape index (κ3) is 11.5. The van der Waals surface area contributed by atoms with E-state index in [0.717, 1.165) is 5.92 Å². The average molecular weight is 310 g/mol. The third-order valence-electron chi connectivity index (χ3n) is 5.61. The maximum absolute atomic E-state index is 5.97. The molecular weight excluding hydrogens is 266 g/mol. The molecule has 0 heterocycles. The molecule has 0 aromatic carbocycles. The minimum atomic E-state index is 0.517. The molecule has 0 aromatic heterocycles. The van der Waals surface area contributed by atoms with Gasteiger partial charge in [-0.3, -0.25) is 0 Å². The first-order valence-electron chi connectivity index (χ1n) is 10.6. The van der Waals surface area contributed by atoms with Gasteiger partial charge in [0.05, 0.1) is 0 Å². The fourth-order valence-corrected chi connectivity index (χ4v) is 3.93. The number of nitrogens with two attached hydrogens (primary N) is 1. The second-order valence-corrected chi connectivity index (χ2v) is 7.81. The molecule has 0 atom stereocenters. The van der Waals surface area contributed by atoms with E-state index >= 15 is 0 Å². The van der Waals surface area contributed by atoms with E-state index in [9.17, 15) is 0 Å². The van der Waals surface area contributed by atoms with Crippen molar-refractivity contribution in [3.63, 3.8) is 0 Å². The zero-order valence-corrected chi connectivity index (χ0v) is 15.5. The van der Waals surface area contributed by atoms with Gasteiger partial charge in [-0.15, -0.1) is 0 Å². The summed E-state index contributed by atoms with van der Waals surface area (Å²) in [5.74, 6) is 1.01. The summed E-state index contributed by atoms with van der Waals surface area (Å²) in [6.45, 7) is 2.30. The molecule has 0 spiro atoms. The summed E-state index contributed by atoms with van der Waals surface area (Å²) in [4.78, 5) is 0. The number of unbranched alkanes of at least 4 members (excludes halogenated alkanes) is 12. The number of hydrogen-bond acceptors (Lipinski definition) is 1. The summed E-state index contributed by atoms with van der Waals surface area (Å²) in [6, 6.07) is 0.517. The molecule has 0 amide bonds. The molecule has 1 aliphatic carbocycles. The van der Waals surface area contributed by atoms with Gasteiger partial charge in [0.2, 0.25) is 0 Å². The van der Waals surface area contributed by atoms with Gasteiger partial charge >= 0.3 is 0 Å². The van der Waals surface area contributed by atoms with Crippen molar-refractivity contribution in [2.24, 2.45) is 11.7 Å². The van der Waals surface area contributed by atoms with Crippen molar-refractivity contribution in [3.8, 4) is 0 Å². The quantitative estimate of drug-likeness (QED) is 0.344. The van der Waals surface area contributed by atoms with E-state index in [4.69, 9.17) is 5.73 Å². The molecule has 1 nitrogen and oxygen atoms in total. The third-order valence-corrected chi connectivity index (χ3v) is 5.61. The Kier molecular flexibility index (Phi) is 13.2. The normalized spacial score (nSPS) is 22.1. The van der Waals surface area contributed by atoms with Gasteiger partial charge in [-0.05, 0) is 31.6 Å². The van der Waals surface area contributed by atoms with Crippen LogP contribution in [0.4, 0.5) is 0 Å². The maximum Gasteiger partial charge on any atom is 0.00390 e. The summed E-state index contributed by atoms with van der Waals surface area (Å²) >= 11 is 0. The van der Waals surface area contributed by atoms with Gasteiger partial charge in [0.25, 0.3) is 0 Å². The summed E-state index contributed by atoms with van der Waals surface area (Å²) in [5, 5.41) is 0. The van der Waals surface area contributed by atoms with Crippen molar-refractivity contribution in [1.29, 1.82) is 0 Å². The van der Waals surface area contributed by atoms with Crippen LogP contribution in [0.25, 0.3) is 0 Å². The Morgan fingerprint density at radius 3 is 1.45 bits per heavy atom. The van der Waals surface area contributed by atoms with Crippen molar-refractivity contribution < 1.29 is 0 Å². The van der Waals surface area contributed by atoms with Crippen molar-refractivity contribution in [3.05, 3.63) is 0 Å². The Hall–Kier alpha value is -0.0400. The molecule has 1 aliphatic rings. The lowest BCUT2D eigenvalue weighted by Crippen LogP contribution is -2.26. The summed E-state index contributed by atoms with van der Waals surface area (Å²) in [5.41, 5.74) is 5.97. The first-order chi connectivity index (χ1) is 10.8. The molecule has 0 aliphatic heterocycles. The molecule has 0 bridgehead atoms. The fraction of sp³-hybridized carbons (Fsp3) is 1.00. The van der Waals surface area contributed by atoms with Crippen molar-refractivity contribution in [2.75, 3.05) is 0 Å². The first-order valence-corrected chi connectivity index (χ1v) is 10.6. The van der Waals surface area contributed by atoms with E-state index < -0.39 is 0 Å². The molecule has 1 rings (SSSR count). The van der Waals surface area contributed by atoms with Gasteiger partial charge < -0.3 is 5.73 Å². The Labute approximate surface area is 140 Å². The Bertz CT molecular complexity index is 218. The molecule has 1 heteroatoms. The smallest absolute Gasteiger partial charge is 0.00390 e. The molecule has 0 radical (unpaired) electrons. The van der Waals surface area contributed by atoms with E-state index in [-0.39, 0.29) is 0 Å². The first kappa shape index (κ1) is 20.0. The van der Waals surface area contributed by atoms with Gasteiger partial charge in [-0.1, -0.05) is 96.8 Å². The summed E-state index contributed by atoms with van der Waals surface area (Å²) in [7, 11) is 0. The van der Waals surface area contributed by atoms with Gasteiger partial charge in [0, 0.05) is 6.04 Å². The highest BCUT2D eigenvalue weighted by molar-refractivity contribution is 4.74. The van der Waals surface area contributed by atoms with Crippen molar-refractivity contribution in [1.82, 2.24) is 0 Å². The minimum absolute atomic E-state index is 0.517. The zero-order valence-electron chi connectivity index (χ0n) is 15.5. The lowest BCUT2D eigenvalue weighted by atomic mass is 9.83. The summed E-state index contributed by atoms with van der Waals surface area (Å²) in [6.07, 6.45) is 25.9. The Morgan fingerprint density at radius 2 is 1.00 bits per heavy atom. The topological polar surface area (TPSA) is 26.0 Å². The molecule has 132 valence electrons. The van der Waals surface area contributed by atoms with Gasteiger partial charge in [0.1, 0.15) is 0 Å². The number of rotatable bonds is 14. The predicted molar refractivity (Wildman–Crippen MR) is 100 cm³/mol. The summed E-state index contributed by atoms with van der Waals surface area (Å²) < 4.78 is 0. The van der Waals surface area contributed by atoms with Crippen LogP contribution >= 0.6 is 0 Å². The molecular formula is C21H43N. The van der Waals surface area contributed by atoms with E-state index in [0.29, 0.717) is 6.04 Å². The molecule has 22 heavy (non-hydrogen) atoms. The SMILES string of the molecule is CCCCCCCCCCCCCCCC1CCC(N)CC1. The monoisotopic (exact) mass is 309 g/mol. The number of hydrogen-bond donors (Lipinski definition) is 1. The molecule has 0 saturated heterocycles. The lowest BCUT2D eigenvalue weighted by molar-refractivity contribution is 0.302. The van der Waals surface area contributed by atoms with Crippen LogP contribution in [0.15, 0.2) is 0 Å². The molecule has 0 aromatic rings. The second-order valence-electron chi connectivity index (χ2n) is 7.81. The van der Waals surface area contributed by atoms with Gasteiger partial charge in [-0.25, -0.2) is 0 Å². The maximum atomic E-state index is 5.97. The van der Waals surface area contributed by atoms with Crippen LogP contribution in [0.2, 0.25) is 0 Å². The highest BCUT2D eigenvalue weighted by Gasteiger charge is 2.17. The van der Waals surface area contributed by atoms with Crippen LogP contribution in [-0.2, 0) is 0 Å². The van der Waals surface area contributed by atoms with Gasteiger partial charge in [-0.2, -0.15) is 0 Å². The van der Waals surface area contributed by atoms with E-state index in [2.05, 4.69) is 6.92 Å². The molecule has 0 unspecified atom stereocenters. The highest BCUT2D eigenvalue weighted by Crippen LogP contribution is 2.27. The zero-order chi connectivity index (χ0) is 15.9. The van der Waals surface area contributed by atoms with E-state index in [1.165, 1.54) is 116 Å². The van der Waals surface area contributed by atoms with Gasteiger partial charge in [0.15, 0.2) is 0 Å². The average Bonchev–Trinajstić information content (AvgIpc) is 2.53. The lowest BCUT2D eigenvalue weighted by Gasteiger charge is -2.25. The standard InChI is InChI=1S/C21H43N/c1-2-3-4-5-6-7-8-9-10-11-12-13-14-15-20-16-18-21(22)19-17-20/h20-21H,2-19,22H2,1H3. The van der Waals surface area contributed by atoms with Crippen molar-refractivity contribution >= 4 is 0 Å². The molecule has 1 saturated carbocycles. The van der Waals surface area contributed by atoms with Crippen LogP contribution in [0.3, 0.4) is 0 Å². The Balaban J connectivity index is 1.71. The van der Waals surface area contributed by atoms with Crippen LogP contribution in [-0.4, -0.2) is 6.04 Å². The Morgan fingerprint density at radius 1 is 0.591 bits per heavy atom. The fourth-order valence-electron chi connectivity index (χ4n) is 3.93. The van der Waals surface area contributed by atoms with Crippen molar-refractivity contribution in [2.45, 2.75) is 129 Å². The highest BCUT2D eigenvalue weighted by atomic mass is 14.6. The predicted octanol–water partition coefficient (Wildman–Crippen LogP) is 6.99. The van der Waals surface area contributed by atoms with Crippen LogP contribution < -0.4 is 5.73 Å². The largest absolute Gasteiger partial charge is 0.328 e.